The lowest BCUT2D eigenvalue weighted by molar-refractivity contribution is -0.119. The third-order valence-corrected chi connectivity index (χ3v) is 12.2. The Bertz CT molecular complexity index is 1380. The number of amides is 2. The quantitative estimate of drug-likeness (QED) is 0.240. The van der Waals surface area contributed by atoms with E-state index in [9.17, 15) is 28.2 Å². The Labute approximate surface area is 261 Å². The summed E-state index contributed by atoms with van der Waals surface area (Å²) in [5.41, 5.74) is 6.90. The van der Waals surface area contributed by atoms with E-state index in [1.165, 1.54) is 6.20 Å². The van der Waals surface area contributed by atoms with Crippen LogP contribution in [0, 0.1) is 11.8 Å². The van der Waals surface area contributed by atoms with Crippen molar-refractivity contribution in [2.45, 2.75) is 120 Å². The van der Waals surface area contributed by atoms with Gasteiger partial charge in [-0.15, -0.1) is 0 Å². The van der Waals surface area contributed by atoms with Crippen LogP contribution in [-0.4, -0.2) is 62.7 Å². The molecule has 0 bridgehead atoms. The van der Waals surface area contributed by atoms with Crippen molar-refractivity contribution in [2.24, 2.45) is 17.6 Å². The molecule has 244 valence electrons. The molecule has 4 rings (SSSR count). The van der Waals surface area contributed by atoms with Crippen molar-refractivity contribution >= 4 is 27.6 Å². The van der Waals surface area contributed by atoms with Crippen molar-refractivity contribution in [1.82, 2.24) is 9.55 Å². The van der Waals surface area contributed by atoms with Gasteiger partial charge in [-0.2, -0.15) is 0 Å². The second-order valence-electron chi connectivity index (χ2n) is 13.9. The van der Waals surface area contributed by atoms with Gasteiger partial charge in [-0.3, -0.25) is 14.9 Å². The zero-order chi connectivity index (χ0) is 32.2. The third kappa shape index (κ3) is 8.28. The largest absolute Gasteiger partial charge is 0.390 e. The van der Waals surface area contributed by atoms with Crippen molar-refractivity contribution in [1.29, 1.82) is 0 Å². The van der Waals surface area contributed by atoms with E-state index in [0.29, 0.717) is 18.0 Å². The Kier molecular flexibility index (Phi) is 11.0. The van der Waals surface area contributed by atoms with Crippen LogP contribution in [0.3, 0.4) is 0 Å². The summed E-state index contributed by atoms with van der Waals surface area (Å²) in [7, 11) is -3.55. The first kappa shape index (κ1) is 34.1. The molecule has 2 aromatic rings. The number of nitrogens with two attached hydrogens (primary N) is 1. The Morgan fingerprint density at radius 3 is 2.27 bits per heavy atom. The number of anilines is 1. The molecular weight excluding hydrogens is 580 g/mol. The maximum Gasteiger partial charge on any atom is 0.227 e. The number of aliphatic hydroxyl groups is 2. The van der Waals surface area contributed by atoms with Crippen molar-refractivity contribution in [3.05, 3.63) is 47.8 Å². The zero-order valence-electron chi connectivity index (χ0n) is 26.5. The van der Waals surface area contributed by atoms with E-state index in [0.717, 1.165) is 50.5 Å². The fourth-order valence-electron chi connectivity index (χ4n) is 6.30. The number of carbonyl (C=O) groups excluding carboxylic acids is 2. The number of hydrogen-bond acceptors (Lipinski definition) is 7. The Morgan fingerprint density at radius 1 is 1.07 bits per heavy atom. The van der Waals surface area contributed by atoms with E-state index in [1.54, 1.807) is 32.3 Å². The predicted octanol–water partition coefficient (Wildman–Crippen LogP) is 4.44. The molecule has 1 aromatic carbocycles. The van der Waals surface area contributed by atoms with Crippen LogP contribution in [-0.2, 0) is 19.4 Å². The van der Waals surface area contributed by atoms with E-state index < -0.39 is 56.5 Å². The van der Waals surface area contributed by atoms with Gasteiger partial charge in [-0.05, 0) is 64.4 Å². The summed E-state index contributed by atoms with van der Waals surface area (Å²) in [6, 6.07) is 8.46. The summed E-state index contributed by atoms with van der Waals surface area (Å²) in [6.45, 7) is 6.61. The second-order valence-corrected chi connectivity index (χ2v) is 16.7. The molecule has 5 N–H and O–H groups in total. The summed E-state index contributed by atoms with van der Waals surface area (Å²) in [5, 5.41) is 25.5. The van der Waals surface area contributed by atoms with Gasteiger partial charge in [0.1, 0.15) is 6.10 Å². The SMILES string of the molecule is CC(C(N)=O)c1cnc(NC(=O)CC(CS(=O)(=O)C(C)(C)C)c2ccccc2)n1[C@@H](CC1CCCCC1)[C@@H](O)[C@@H](O)C1CC1. The summed E-state index contributed by atoms with van der Waals surface area (Å²) in [4.78, 5) is 30.5. The van der Waals surface area contributed by atoms with Gasteiger partial charge in [-0.1, -0.05) is 62.4 Å². The molecule has 10 nitrogen and oxygen atoms in total. The molecule has 2 fully saturated rings. The highest BCUT2D eigenvalue weighted by atomic mass is 32.2. The highest BCUT2D eigenvalue weighted by Crippen LogP contribution is 2.41. The van der Waals surface area contributed by atoms with Gasteiger partial charge in [0.15, 0.2) is 9.84 Å². The first-order chi connectivity index (χ1) is 20.7. The summed E-state index contributed by atoms with van der Waals surface area (Å²) >= 11 is 0. The molecular formula is C33H50N4O6S. The van der Waals surface area contributed by atoms with Gasteiger partial charge in [-0.25, -0.2) is 13.4 Å². The van der Waals surface area contributed by atoms with Crippen molar-refractivity contribution in [2.75, 3.05) is 11.1 Å². The molecule has 44 heavy (non-hydrogen) atoms. The van der Waals surface area contributed by atoms with Crippen LogP contribution in [0.5, 0.6) is 0 Å². The molecule has 2 amide bonds. The number of benzene rings is 1. The number of carbonyl (C=O) groups is 2. The second kappa shape index (κ2) is 14.1. The Morgan fingerprint density at radius 2 is 1.70 bits per heavy atom. The molecule has 0 radical (unpaired) electrons. The number of aromatic nitrogens is 2. The molecule has 0 saturated heterocycles. The van der Waals surface area contributed by atoms with Crippen molar-refractivity contribution in [3.8, 4) is 0 Å². The predicted molar refractivity (Wildman–Crippen MR) is 171 cm³/mol. The van der Waals surface area contributed by atoms with E-state index >= 15 is 0 Å². The van der Waals surface area contributed by atoms with Crippen LogP contribution in [0.15, 0.2) is 36.5 Å². The van der Waals surface area contributed by atoms with Crippen LogP contribution >= 0.6 is 0 Å². The number of imidazole rings is 1. The molecule has 1 heterocycles. The molecule has 0 aliphatic heterocycles. The summed E-state index contributed by atoms with van der Waals surface area (Å²) in [5.74, 6) is -2.13. The number of primary amides is 1. The average Bonchev–Trinajstić information content (AvgIpc) is 3.75. The lowest BCUT2D eigenvalue weighted by atomic mass is 9.82. The maximum absolute atomic E-state index is 13.7. The monoisotopic (exact) mass is 630 g/mol. The number of nitrogens with one attached hydrogen (secondary N) is 1. The first-order valence-electron chi connectivity index (χ1n) is 16.0. The van der Waals surface area contributed by atoms with Crippen LogP contribution in [0.25, 0.3) is 0 Å². The van der Waals surface area contributed by atoms with E-state index in [-0.39, 0.29) is 24.0 Å². The molecule has 2 aliphatic rings. The average molecular weight is 631 g/mol. The van der Waals surface area contributed by atoms with Gasteiger partial charge in [0.2, 0.25) is 17.8 Å². The van der Waals surface area contributed by atoms with E-state index in [4.69, 9.17) is 5.73 Å². The minimum Gasteiger partial charge on any atom is -0.390 e. The zero-order valence-corrected chi connectivity index (χ0v) is 27.3. The van der Waals surface area contributed by atoms with Crippen LogP contribution in [0.4, 0.5) is 5.95 Å². The molecule has 1 aromatic heterocycles. The molecule has 2 saturated carbocycles. The number of sulfone groups is 1. The van der Waals surface area contributed by atoms with Gasteiger partial charge < -0.3 is 20.5 Å². The molecule has 5 atom stereocenters. The lowest BCUT2D eigenvalue weighted by Gasteiger charge is -2.35. The van der Waals surface area contributed by atoms with Gasteiger partial charge in [0.25, 0.3) is 0 Å². The normalized spacial score (nSPS) is 20.0. The molecule has 0 spiro atoms. The van der Waals surface area contributed by atoms with E-state index in [2.05, 4.69) is 10.3 Å². The number of nitrogens with zero attached hydrogens (tertiary/aromatic N) is 2. The highest BCUT2D eigenvalue weighted by Gasteiger charge is 2.41. The third-order valence-electron chi connectivity index (χ3n) is 9.48. The molecule has 2 aliphatic carbocycles. The van der Waals surface area contributed by atoms with E-state index in [1.807, 2.05) is 30.3 Å². The standard InChI is InChI=1S/C33H50N4O6S/c1-21(31(34)41)27-19-35-32(37(27)26(17-22-11-7-5-8-12-22)30(40)29(39)24-15-16-24)36-28(38)18-25(23-13-9-6-10-14-23)20-44(42,43)33(2,3)4/h6,9-10,13-14,19,21-22,24-26,29-30,39-40H,5,7-8,11-12,15-18,20H2,1-4H3,(H2,34,41)(H,35,36,38)/t21?,25?,26-,29-,30+/m0/s1. The minimum atomic E-state index is -3.55. The Balaban J connectivity index is 1.68. The smallest absolute Gasteiger partial charge is 0.227 e. The highest BCUT2D eigenvalue weighted by molar-refractivity contribution is 7.92. The van der Waals surface area contributed by atoms with Crippen LogP contribution < -0.4 is 11.1 Å². The number of rotatable bonds is 14. The van der Waals surface area contributed by atoms with Crippen molar-refractivity contribution in [3.63, 3.8) is 0 Å². The van der Waals surface area contributed by atoms with Gasteiger partial charge in [0, 0.05) is 12.3 Å². The molecule has 2 unspecified atom stereocenters. The Hall–Kier alpha value is -2.76. The summed E-state index contributed by atoms with van der Waals surface area (Å²) < 4.78 is 27.1. The number of hydrogen-bond donors (Lipinski definition) is 4. The van der Waals surface area contributed by atoms with Gasteiger partial charge in [0.05, 0.1) is 40.5 Å². The number of aliphatic hydroxyl groups excluding tert-OH is 2. The summed E-state index contributed by atoms with van der Waals surface area (Å²) in [6.07, 6.45) is 6.87. The van der Waals surface area contributed by atoms with Crippen LogP contribution in [0.1, 0.15) is 115 Å². The fraction of sp³-hybridized carbons (Fsp3) is 0.667. The minimum absolute atomic E-state index is 0.00817. The van der Waals surface area contributed by atoms with Crippen molar-refractivity contribution < 1.29 is 28.2 Å². The topological polar surface area (TPSA) is 165 Å². The fourth-order valence-corrected chi connectivity index (χ4v) is 7.64. The lowest BCUT2D eigenvalue weighted by Crippen LogP contribution is -2.39. The van der Waals surface area contributed by atoms with Gasteiger partial charge >= 0.3 is 0 Å². The maximum atomic E-state index is 13.7. The van der Waals surface area contributed by atoms with Crippen LogP contribution in [0.2, 0.25) is 0 Å². The molecule has 11 heteroatoms. The first-order valence-corrected chi connectivity index (χ1v) is 17.6.